The quantitative estimate of drug-likeness (QED) is 0.162. The Bertz CT molecular complexity index is 760. The summed E-state index contributed by atoms with van der Waals surface area (Å²) in [6.45, 7) is 14.8. The molecule has 0 aromatic heterocycles. The van der Waals surface area contributed by atoms with E-state index in [9.17, 15) is 9.59 Å². The lowest BCUT2D eigenvalue weighted by molar-refractivity contribution is -0.118. The van der Waals surface area contributed by atoms with Crippen molar-refractivity contribution in [3.05, 3.63) is 23.7 Å². The number of carbonyl (C=O) groups excluding carboxylic acids is 2. The van der Waals surface area contributed by atoms with Gasteiger partial charge < -0.3 is 30.8 Å². The fraction of sp³-hybridized carbons (Fsp3) is 0.741. The molecular weight excluding hydrogens is 444 g/mol. The van der Waals surface area contributed by atoms with Gasteiger partial charge in [-0.05, 0) is 69.3 Å². The van der Waals surface area contributed by atoms with Gasteiger partial charge in [0.1, 0.15) is 5.57 Å². The van der Waals surface area contributed by atoms with E-state index in [1.54, 1.807) is 12.3 Å². The van der Waals surface area contributed by atoms with Gasteiger partial charge in [0, 0.05) is 18.5 Å². The molecule has 0 heterocycles. The van der Waals surface area contributed by atoms with Crippen LogP contribution < -0.4 is 16.0 Å². The van der Waals surface area contributed by atoms with Crippen LogP contribution in [-0.2, 0) is 14.3 Å². The first-order valence-corrected chi connectivity index (χ1v) is 12.9. The van der Waals surface area contributed by atoms with Crippen molar-refractivity contribution in [3.8, 4) is 0 Å². The number of ether oxygens (including phenoxy) is 2. The van der Waals surface area contributed by atoms with Crippen molar-refractivity contribution in [2.75, 3.05) is 13.7 Å². The Morgan fingerprint density at radius 1 is 1.17 bits per heavy atom. The Morgan fingerprint density at radius 3 is 2.43 bits per heavy atom. The molecule has 200 valence electrons. The highest BCUT2D eigenvalue weighted by molar-refractivity contribution is 6.11. The normalized spacial score (nSPS) is 22.3. The van der Waals surface area contributed by atoms with Crippen molar-refractivity contribution in [2.45, 2.75) is 92.2 Å². The molecule has 0 spiro atoms. The van der Waals surface area contributed by atoms with E-state index in [1.165, 1.54) is 26.4 Å². The van der Waals surface area contributed by atoms with Crippen molar-refractivity contribution in [3.63, 3.8) is 0 Å². The molecule has 4 atom stereocenters. The number of alkyl carbamates (subject to hydrolysis) is 1. The number of amides is 2. The molecule has 4 N–H and O–H groups in total. The van der Waals surface area contributed by atoms with Crippen LogP contribution in [0.5, 0.6) is 0 Å². The first-order chi connectivity index (χ1) is 16.4. The fourth-order valence-electron chi connectivity index (χ4n) is 4.42. The minimum Gasteiger partial charge on any atom is -0.478 e. The van der Waals surface area contributed by atoms with Crippen LogP contribution in [-0.4, -0.2) is 43.5 Å². The van der Waals surface area contributed by atoms with Crippen LogP contribution in [0.25, 0.3) is 0 Å². The predicted octanol–water partition coefficient (Wildman–Crippen LogP) is 5.12. The zero-order chi connectivity index (χ0) is 26.6. The number of methoxy groups -OCH3 is 1. The maximum atomic E-state index is 13.2. The maximum Gasteiger partial charge on any atom is 0.407 e. The second-order valence-electron chi connectivity index (χ2n) is 11.0. The standard InChI is InChI=1S/C27H48N4O4/c1-9-19(4)12-21-13-20(5)14-22(15-21)30-24(32)23(16-28)25(35-17-18(2)3)29-11-10-27(6,7)31-26(33)34-8/h10-11,16,18-22,28-29H,9,12-15,17H2,1-8H3,(H,30,32)(H,31,33)/b11-10+,25-23-,28-16?/t19?,20-,21?,22?/m0/s1. The molecule has 0 aliphatic heterocycles. The van der Waals surface area contributed by atoms with E-state index in [-0.39, 0.29) is 29.3 Å². The van der Waals surface area contributed by atoms with Crippen LogP contribution in [0.15, 0.2) is 23.7 Å². The number of hydrogen-bond donors (Lipinski definition) is 4. The number of hydrogen-bond acceptors (Lipinski definition) is 6. The zero-order valence-corrected chi connectivity index (χ0v) is 23.0. The number of carbonyl (C=O) groups is 2. The molecule has 0 aromatic rings. The Labute approximate surface area is 212 Å². The molecule has 2 amide bonds. The number of nitrogens with one attached hydrogen (secondary N) is 4. The molecule has 1 rings (SSSR count). The van der Waals surface area contributed by atoms with E-state index in [0.717, 1.165) is 19.1 Å². The average molecular weight is 493 g/mol. The highest BCUT2D eigenvalue weighted by Crippen LogP contribution is 2.33. The second kappa shape index (κ2) is 14.8. The predicted molar refractivity (Wildman–Crippen MR) is 141 cm³/mol. The molecule has 3 unspecified atom stereocenters. The van der Waals surface area contributed by atoms with E-state index >= 15 is 0 Å². The monoisotopic (exact) mass is 492 g/mol. The molecule has 8 nitrogen and oxygen atoms in total. The SMILES string of the molecule is CCC(C)CC1CC(NC(=O)/C(C=N)=C(/N/C=C/C(C)(C)NC(=O)OC)OCC(C)C)C[C@@H](C)C1. The van der Waals surface area contributed by atoms with Gasteiger partial charge in [-0.15, -0.1) is 0 Å². The van der Waals surface area contributed by atoms with Gasteiger partial charge in [-0.3, -0.25) is 4.79 Å². The first-order valence-electron chi connectivity index (χ1n) is 12.9. The summed E-state index contributed by atoms with van der Waals surface area (Å²) < 4.78 is 10.5. The minimum absolute atomic E-state index is 0.0836. The largest absolute Gasteiger partial charge is 0.478 e. The van der Waals surface area contributed by atoms with Gasteiger partial charge in [-0.2, -0.15) is 0 Å². The molecule has 0 bridgehead atoms. The molecule has 0 saturated heterocycles. The third-order valence-electron chi connectivity index (χ3n) is 6.33. The van der Waals surface area contributed by atoms with Crippen LogP contribution in [0.1, 0.15) is 80.6 Å². The topological polar surface area (TPSA) is 113 Å². The van der Waals surface area contributed by atoms with E-state index < -0.39 is 11.6 Å². The molecule has 35 heavy (non-hydrogen) atoms. The van der Waals surface area contributed by atoms with Crippen molar-refractivity contribution in [2.24, 2.45) is 23.7 Å². The summed E-state index contributed by atoms with van der Waals surface area (Å²) in [5, 5.41) is 16.8. The molecule has 1 aliphatic rings. The van der Waals surface area contributed by atoms with E-state index in [4.69, 9.17) is 10.1 Å². The van der Waals surface area contributed by atoms with Gasteiger partial charge in [-0.1, -0.05) is 41.0 Å². The van der Waals surface area contributed by atoms with Gasteiger partial charge in [0.05, 0.1) is 19.3 Å². The van der Waals surface area contributed by atoms with E-state index in [0.29, 0.717) is 24.4 Å². The van der Waals surface area contributed by atoms with Gasteiger partial charge >= 0.3 is 6.09 Å². The zero-order valence-electron chi connectivity index (χ0n) is 23.0. The summed E-state index contributed by atoms with van der Waals surface area (Å²) in [5.41, 5.74) is -0.551. The van der Waals surface area contributed by atoms with Gasteiger partial charge in [0.2, 0.25) is 5.88 Å². The van der Waals surface area contributed by atoms with E-state index in [1.807, 2.05) is 27.7 Å². The van der Waals surface area contributed by atoms with Crippen molar-refractivity contribution in [1.82, 2.24) is 16.0 Å². The minimum atomic E-state index is -0.695. The molecule has 0 aromatic carbocycles. The Balaban J connectivity index is 3.01. The van der Waals surface area contributed by atoms with Crippen LogP contribution in [0.3, 0.4) is 0 Å². The Hall–Kier alpha value is -2.51. The molecule has 1 fully saturated rings. The lowest BCUT2D eigenvalue weighted by atomic mass is 9.75. The summed E-state index contributed by atoms with van der Waals surface area (Å²) in [4.78, 5) is 24.8. The lowest BCUT2D eigenvalue weighted by Crippen LogP contribution is -2.42. The molecule has 8 heteroatoms. The fourth-order valence-corrected chi connectivity index (χ4v) is 4.42. The smallest absolute Gasteiger partial charge is 0.407 e. The van der Waals surface area contributed by atoms with Gasteiger partial charge in [0.25, 0.3) is 5.91 Å². The maximum absolute atomic E-state index is 13.2. The van der Waals surface area contributed by atoms with Crippen molar-refractivity contribution in [1.29, 1.82) is 5.41 Å². The van der Waals surface area contributed by atoms with Crippen LogP contribution >= 0.6 is 0 Å². The lowest BCUT2D eigenvalue weighted by Gasteiger charge is -2.35. The summed E-state index contributed by atoms with van der Waals surface area (Å²) in [6.07, 6.45) is 9.29. The highest BCUT2D eigenvalue weighted by atomic mass is 16.5. The number of rotatable bonds is 13. The molecular formula is C27H48N4O4. The summed E-state index contributed by atoms with van der Waals surface area (Å²) >= 11 is 0. The van der Waals surface area contributed by atoms with Gasteiger partial charge in [-0.25, -0.2) is 4.79 Å². The Kier molecular flexibility index (Phi) is 12.9. The van der Waals surface area contributed by atoms with E-state index in [2.05, 4.69) is 41.5 Å². The van der Waals surface area contributed by atoms with Crippen LogP contribution in [0.4, 0.5) is 4.79 Å². The van der Waals surface area contributed by atoms with Crippen LogP contribution in [0.2, 0.25) is 0 Å². The second-order valence-corrected chi connectivity index (χ2v) is 11.0. The first kappa shape index (κ1) is 30.5. The highest BCUT2D eigenvalue weighted by Gasteiger charge is 2.29. The third kappa shape index (κ3) is 11.6. The van der Waals surface area contributed by atoms with Crippen LogP contribution in [0, 0.1) is 29.1 Å². The molecule has 1 saturated carbocycles. The Morgan fingerprint density at radius 2 is 1.86 bits per heavy atom. The van der Waals surface area contributed by atoms with Gasteiger partial charge in [0.15, 0.2) is 0 Å². The summed E-state index contributed by atoms with van der Waals surface area (Å²) in [7, 11) is 1.31. The summed E-state index contributed by atoms with van der Waals surface area (Å²) in [6, 6.07) is 0.0836. The summed E-state index contributed by atoms with van der Waals surface area (Å²) in [5.74, 6) is 1.99. The molecule has 1 aliphatic carbocycles. The molecule has 0 radical (unpaired) electrons. The average Bonchev–Trinajstić information content (AvgIpc) is 2.76. The third-order valence-corrected chi connectivity index (χ3v) is 6.33. The van der Waals surface area contributed by atoms with Crippen molar-refractivity contribution >= 4 is 18.2 Å². The van der Waals surface area contributed by atoms with Crippen molar-refractivity contribution < 1.29 is 19.1 Å².